The SMILES string of the molecule is N#CC12C3[C@H]4C5[C@H]3[C@H]1C([C@H]42)n1c(=O)n(-c2ccccc2)c(=O)n15. The first kappa shape index (κ1) is 11.1. The maximum Gasteiger partial charge on any atom is 0.352 e. The molecule has 0 saturated heterocycles. The molecule has 1 aromatic heterocycles. The van der Waals surface area contributed by atoms with Crippen LogP contribution in [0.5, 0.6) is 0 Å². The average molecular weight is 304 g/mol. The number of aromatic nitrogens is 3. The first-order valence-electron chi connectivity index (χ1n) is 8.16. The fraction of sp³-hybridized carbons (Fsp3) is 0.471. The van der Waals surface area contributed by atoms with Crippen molar-refractivity contribution >= 4 is 0 Å². The van der Waals surface area contributed by atoms with Gasteiger partial charge in [-0.3, -0.25) is 0 Å². The van der Waals surface area contributed by atoms with Crippen LogP contribution in [0.2, 0.25) is 0 Å². The highest BCUT2D eigenvalue weighted by Crippen LogP contribution is 2.97. The van der Waals surface area contributed by atoms with Crippen LogP contribution < -0.4 is 11.4 Å². The third kappa shape index (κ3) is 0.724. The van der Waals surface area contributed by atoms with E-state index in [1.165, 1.54) is 4.57 Å². The molecule has 4 saturated carbocycles. The van der Waals surface area contributed by atoms with E-state index in [2.05, 4.69) is 6.07 Å². The van der Waals surface area contributed by atoms with Crippen LogP contribution in [0.4, 0.5) is 0 Å². The second kappa shape index (κ2) is 2.82. The highest BCUT2D eigenvalue weighted by molar-refractivity contribution is 5.48. The summed E-state index contributed by atoms with van der Waals surface area (Å²) in [4.78, 5) is 25.8. The molecule has 0 amide bonds. The van der Waals surface area contributed by atoms with Crippen molar-refractivity contribution in [3.05, 3.63) is 51.3 Å². The number of nitrogens with zero attached hydrogens (tertiary/aromatic N) is 4. The van der Waals surface area contributed by atoms with Gasteiger partial charge in [0, 0.05) is 11.8 Å². The second-order valence-corrected chi connectivity index (χ2v) is 7.68. The van der Waals surface area contributed by atoms with Crippen molar-refractivity contribution < 1.29 is 0 Å². The summed E-state index contributed by atoms with van der Waals surface area (Å²) in [7, 11) is 0. The summed E-state index contributed by atoms with van der Waals surface area (Å²) in [6.45, 7) is 0. The van der Waals surface area contributed by atoms with Gasteiger partial charge in [-0.05, 0) is 29.9 Å². The highest BCUT2D eigenvalue weighted by atomic mass is 16.2. The monoisotopic (exact) mass is 304 g/mol. The normalized spacial score (nSPS) is 48.0. The fourth-order valence-corrected chi connectivity index (χ4v) is 7.16. The van der Waals surface area contributed by atoms with E-state index < -0.39 is 0 Å². The molecule has 3 heterocycles. The minimum absolute atomic E-state index is 0.0739. The van der Waals surface area contributed by atoms with Gasteiger partial charge in [0.15, 0.2) is 0 Å². The number of nitriles is 1. The van der Waals surface area contributed by atoms with Crippen LogP contribution in [0.3, 0.4) is 0 Å². The molecule has 6 heteroatoms. The Labute approximate surface area is 130 Å². The van der Waals surface area contributed by atoms with Crippen molar-refractivity contribution in [2.24, 2.45) is 35.0 Å². The largest absolute Gasteiger partial charge is 0.352 e. The minimum Gasteiger partial charge on any atom is -0.245 e. The van der Waals surface area contributed by atoms with E-state index in [-0.39, 0.29) is 28.9 Å². The van der Waals surface area contributed by atoms with Crippen LogP contribution >= 0.6 is 0 Å². The summed E-state index contributed by atoms with van der Waals surface area (Å²) in [5, 5.41) is 9.58. The predicted octanol–water partition coefficient (Wildman–Crippen LogP) is 0.542. The number of rotatable bonds is 1. The Morgan fingerprint density at radius 3 is 2.13 bits per heavy atom. The Balaban J connectivity index is 1.53. The maximum atomic E-state index is 12.9. The van der Waals surface area contributed by atoms with Crippen molar-refractivity contribution in [2.45, 2.75) is 12.1 Å². The zero-order valence-corrected chi connectivity index (χ0v) is 12.0. The Morgan fingerprint density at radius 2 is 1.52 bits per heavy atom. The molecule has 23 heavy (non-hydrogen) atoms. The fourth-order valence-electron chi connectivity index (χ4n) is 7.16. The van der Waals surface area contributed by atoms with Gasteiger partial charge in [0.1, 0.15) is 0 Å². The Bertz CT molecular complexity index is 1060. The van der Waals surface area contributed by atoms with Gasteiger partial charge in [-0.15, -0.1) is 0 Å². The van der Waals surface area contributed by atoms with Gasteiger partial charge in [0.2, 0.25) is 0 Å². The second-order valence-electron chi connectivity index (χ2n) is 7.68. The molecule has 0 radical (unpaired) electrons. The van der Waals surface area contributed by atoms with Crippen molar-refractivity contribution in [2.75, 3.05) is 0 Å². The van der Waals surface area contributed by atoms with Crippen LogP contribution in [0.25, 0.3) is 5.69 Å². The van der Waals surface area contributed by atoms with Crippen LogP contribution in [0.1, 0.15) is 12.1 Å². The van der Waals surface area contributed by atoms with Crippen molar-refractivity contribution in [3.8, 4) is 11.8 Å². The lowest BCUT2D eigenvalue weighted by molar-refractivity contribution is -0.486. The smallest absolute Gasteiger partial charge is 0.245 e. The van der Waals surface area contributed by atoms with Gasteiger partial charge >= 0.3 is 11.4 Å². The van der Waals surface area contributed by atoms with E-state index in [1.807, 2.05) is 18.2 Å². The van der Waals surface area contributed by atoms with E-state index in [0.717, 1.165) is 0 Å². The van der Waals surface area contributed by atoms with Gasteiger partial charge in [-0.25, -0.2) is 23.5 Å². The zero-order chi connectivity index (χ0) is 15.2. The Hall–Kier alpha value is -2.55. The third-order valence-corrected chi connectivity index (χ3v) is 7.62. The van der Waals surface area contributed by atoms with Crippen molar-refractivity contribution in [1.29, 1.82) is 5.26 Å². The predicted molar refractivity (Wildman–Crippen MR) is 77.9 cm³/mol. The van der Waals surface area contributed by atoms with Crippen LogP contribution in [0.15, 0.2) is 39.9 Å². The lowest BCUT2D eigenvalue weighted by Crippen LogP contribution is -2.96. The van der Waals surface area contributed by atoms with E-state index >= 15 is 0 Å². The van der Waals surface area contributed by atoms with Crippen LogP contribution in [-0.4, -0.2) is 13.9 Å². The molecule has 1 aromatic carbocycles. The first-order valence-corrected chi connectivity index (χ1v) is 8.16. The van der Waals surface area contributed by atoms with Gasteiger partial charge in [0.25, 0.3) is 0 Å². The standard InChI is InChI=1S/C17H12N4O2/c18-6-17-10-8-11(17)14-12(17)9(10)13(8)20-15(22)19(16(23)21(14)20)7-4-2-1-3-5-7/h1-5,8-14H/t8-,9-,10?,11+,12+,13?,14?,17?/m1/s1. The lowest BCUT2D eigenvalue weighted by Gasteiger charge is -2.94. The van der Waals surface area contributed by atoms with Crippen LogP contribution in [0, 0.1) is 46.3 Å². The number of hydrogen-bond acceptors (Lipinski definition) is 3. The van der Waals surface area contributed by atoms with Crippen molar-refractivity contribution in [3.63, 3.8) is 0 Å². The van der Waals surface area contributed by atoms with E-state index in [4.69, 9.17) is 0 Å². The number of benzene rings is 1. The Morgan fingerprint density at radius 1 is 0.913 bits per heavy atom. The summed E-state index contributed by atoms with van der Waals surface area (Å²) in [6.07, 6.45) is 0. The molecular formula is C17H12N4O2. The molecule has 4 atom stereocenters. The third-order valence-electron chi connectivity index (χ3n) is 7.62. The molecule has 4 aliphatic carbocycles. The molecule has 2 aliphatic heterocycles. The highest BCUT2D eigenvalue weighted by Gasteiger charge is 2.98. The number of para-hydroxylation sites is 1. The number of hydrogen-bond donors (Lipinski definition) is 0. The topological polar surface area (TPSA) is 72.7 Å². The quantitative estimate of drug-likeness (QED) is 0.772. The van der Waals surface area contributed by atoms with Crippen LogP contribution in [-0.2, 0) is 0 Å². The minimum atomic E-state index is -0.241. The molecule has 112 valence electrons. The van der Waals surface area contributed by atoms with E-state index in [0.29, 0.717) is 35.3 Å². The molecule has 2 aromatic rings. The summed E-state index contributed by atoms with van der Waals surface area (Å²) in [5.41, 5.74) is 0.0235. The maximum absolute atomic E-state index is 12.9. The van der Waals surface area contributed by atoms with Gasteiger partial charge < -0.3 is 0 Å². The molecule has 0 N–H and O–H groups in total. The summed E-state index contributed by atoms with van der Waals surface area (Å²) in [6, 6.07) is 11.9. The average Bonchev–Trinajstić information content (AvgIpc) is 2.80. The van der Waals surface area contributed by atoms with E-state index in [1.54, 1.807) is 21.5 Å². The summed E-state index contributed by atoms with van der Waals surface area (Å²) >= 11 is 0. The molecule has 0 unspecified atom stereocenters. The Kier molecular flexibility index (Phi) is 1.36. The van der Waals surface area contributed by atoms with Gasteiger partial charge in [-0.1, -0.05) is 18.2 Å². The summed E-state index contributed by atoms with van der Waals surface area (Å²) in [5.74, 6) is 2.03. The molecule has 8 rings (SSSR count). The first-order chi connectivity index (χ1) is 11.2. The molecule has 4 fully saturated rings. The molecule has 0 spiro atoms. The molecule has 2 bridgehead atoms. The van der Waals surface area contributed by atoms with E-state index in [9.17, 15) is 14.9 Å². The molecular weight excluding hydrogens is 292 g/mol. The molecule has 6 nitrogen and oxygen atoms in total. The van der Waals surface area contributed by atoms with Crippen molar-refractivity contribution in [1.82, 2.24) is 13.9 Å². The zero-order valence-electron chi connectivity index (χ0n) is 12.0. The lowest BCUT2D eigenvalue weighted by atomic mass is 9.10. The van der Waals surface area contributed by atoms with Gasteiger partial charge in [-0.2, -0.15) is 5.26 Å². The molecule has 6 aliphatic rings. The van der Waals surface area contributed by atoms with Gasteiger partial charge in [0.05, 0.1) is 29.3 Å². The summed E-state index contributed by atoms with van der Waals surface area (Å²) < 4.78 is 4.70.